The summed E-state index contributed by atoms with van der Waals surface area (Å²) in [6, 6.07) is 13.2. The number of benzene rings is 2. The van der Waals surface area contributed by atoms with Gasteiger partial charge in [-0.25, -0.2) is 14.6 Å². The van der Waals surface area contributed by atoms with E-state index < -0.39 is 17.9 Å². The quantitative estimate of drug-likeness (QED) is 0.351. The van der Waals surface area contributed by atoms with Crippen LogP contribution in [-0.2, 0) is 25.6 Å². The van der Waals surface area contributed by atoms with Crippen molar-refractivity contribution >= 4 is 41.2 Å². The molecule has 0 saturated heterocycles. The molecule has 1 aliphatic heterocycles. The Morgan fingerprint density at radius 1 is 1.05 bits per heavy atom. The zero-order valence-electron chi connectivity index (χ0n) is 21.2. The lowest BCUT2D eigenvalue weighted by Gasteiger charge is -2.30. The second-order valence-electron chi connectivity index (χ2n) is 8.75. The standard InChI is InChI=1S/C29H27Cl2N3O4/c1-18-24(28(35)37-3)26(22-7-4-8-23(30)27(22)31)25(19(2)33-18)29(36)38-15-5-6-20-9-11-21(12-10-20)16-34-14-13-32-17-34/h4-14,17,26,33H,15-16H2,1-3H3/b6-5+. The van der Waals surface area contributed by atoms with Crippen molar-refractivity contribution in [3.63, 3.8) is 0 Å². The van der Waals surface area contributed by atoms with E-state index in [9.17, 15) is 9.59 Å². The third-order valence-corrected chi connectivity index (χ3v) is 7.04. The van der Waals surface area contributed by atoms with Gasteiger partial charge in [-0.15, -0.1) is 0 Å². The number of ether oxygens (including phenoxy) is 2. The molecular weight excluding hydrogens is 525 g/mol. The van der Waals surface area contributed by atoms with Crippen LogP contribution >= 0.6 is 23.2 Å². The van der Waals surface area contributed by atoms with E-state index in [4.69, 9.17) is 32.7 Å². The van der Waals surface area contributed by atoms with Crippen LogP contribution in [0.2, 0.25) is 10.0 Å². The van der Waals surface area contributed by atoms with Crippen molar-refractivity contribution in [3.05, 3.63) is 117 Å². The summed E-state index contributed by atoms with van der Waals surface area (Å²) in [5, 5.41) is 3.67. The van der Waals surface area contributed by atoms with E-state index in [1.54, 1.807) is 50.6 Å². The second kappa shape index (κ2) is 12.2. The number of imidazole rings is 1. The van der Waals surface area contributed by atoms with E-state index >= 15 is 0 Å². The molecule has 0 fully saturated rings. The van der Waals surface area contributed by atoms with Crippen molar-refractivity contribution in [2.24, 2.45) is 0 Å². The van der Waals surface area contributed by atoms with Crippen LogP contribution in [0.5, 0.6) is 0 Å². The number of methoxy groups -OCH3 is 1. The van der Waals surface area contributed by atoms with Gasteiger partial charge in [0.1, 0.15) is 6.61 Å². The number of halogens is 2. The van der Waals surface area contributed by atoms with Gasteiger partial charge in [-0.2, -0.15) is 0 Å². The Morgan fingerprint density at radius 3 is 2.42 bits per heavy atom. The van der Waals surface area contributed by atoms with Crippen molar-refractivity contribution in [3.8, 4) is 0 Å². The topological polar surface area (TPSA) is 82.5 Å². The molecule has 196 valence electrons. The van der Waals surface area contributed by atoms with E-state index in [-0.39, 0.29) is 22.8 Å². The van der Waals surface area contributed by atoms with Gasteiger partial charge in [-0.05, 0) is 42.7 Å². The SMILES string of the molecule is COC(=O)C1=C(C)NC(C)=C(C(=O)OC/C=C/c2ccc(Cn3ccnc3)cc2)C1c1cccc(Cl)c1Cl. The largest absolute Gasteiger partial charge is 0.466 e. The first-order chi connectivity index (χ1) is 18.3. The average Bonchev–Trinajstić information content (AvgIpc) is 3.41. The van der Waals surface area contributed by atoms with Crippen LogP contribution in [0.3, 0.4) is 0 Å². The summed E-state index contributed by atoms with van der Waals surface area (Å²) in [4.78, 5) is 30.2. The molecule has 38 heavy (non-hydrogen) atoms. The highest BCUT2D eigenvalue weighted by Gasteiger charge is 2.39. The molecule has 1 N–H and O–H groups in total. The maximum Gasteiger partial charge on any atom is 0.337 e. The van der Waals surface area contributed by atoms with Crippen LogP contribution in [0.15, 0.2) is 89.8 Å². The highest BCUT2D eigenvalue weighted by molar-refractivity contribution is 6.42. The van der Waals surface area contributed by atoms with Gasteiger partial charge in [0.15, 0.2) is 0 Å². The summed E-state index contributed by atoms with van der Waals surface area (Å²) in [5.74, 6) is -1.97. The highest BCUT2D eigenvalue weighted by atomic mass is 35.5. The molecule has 1 aromatic heterocycles. The molecule has 0 aliphatic carbocycles. The summed E-state index contributed by atoms with van der Waals surface area (Å²) in [6.45, 7) is 4.27. The van der Waals surface area contributed by atoms with Gasteiger partial charge >= 0.3 is 11.9 Å². The molecule has 4 rings (SSSR count). The van der Waals surface area contributed by atoms with Crippen molar-refractivity contribution in [1.29, 1.82) is 0 Å². The van der Waals surface area contributed by atoms with Crippen molar-refractivity contribution in [2.75, 3.05) is 13.7 Å². The minimum Gasteiger partial charge on any atom is -0.466 e. The van der Waals surface area contributed by atoms with Gasteiger partial charge in [0.25, 0.3) is 0 Å². The molecule has 1 unspecified atom stereocenters. The molecule has 0 saturated carbocycles. The number of rotatable bonds is 8. The Hall–Kier alpha value is -3.81. The summed E-state index contributed by atoms with van der Waals surface area (Å²) < 4.78 is 12.6. The normalized spacial score (nSPS) is 15.6. The first kappa shape index (κ1) is 27.2. The lowest BCUT2D eigenvalue weighted by molar-refractivity contribution is -0.138. The van der Waals surface area contributed by atoms with Gasteiger partial charge in [0, 0.05) is 30.3 Å². The number of dihydropyridines is 1. The van der Waals surface area contributed by atoms with E-state index in [0.29, 0.717) is 22.0 Å². The third kappa shape index (κ3) is 6.01. The Kier molecular flexibility index (Phi) is 8.71. The van der Waals surface area contributed by atoms with Crippen LogP contribution in [0.25, 0.3) is 6.08 Å². The smallest absolute Gasteiger partial charge is 0.337 e. The van der Waals surface area contributed by atoms with Crippen LogP contribution in [0.4, 0.5) is 0 Å². The van der Waals surface area contributed by atoms with Gasteiger partial charge in [0.05, 0.1) is 40.5 Å². The number of hydrogen-bond donors (Lipinski definition) is 1. The molecule has 0 amide bonds. The van der Waals surface area contributed by atoms with Crippen molar-refractivity contribution in [1.82, 2.24) is 14.9 Å². The molecule has 9 heteroatoms. The van der Waals surface area contributed by atoms with Crippen molar-refractivity contribution < 1.29 is 19.1 Å². The summed E-state index contributed by atoms with van der Waals surface area (Å²) >= 11 is 12.8. The van der Waals surface area contributed by atoms with E-state index in [1.165, 1.54) is 7.11 Å². The fraction of sp³-hybridized carbons (Fsp3) is 0.207. The number of esters is 2. The molecule has 1 aliphatic rings. The molecule has 3 aromatic rings. The first-order valence-electron chi connectivity index (χ1n) is 11.9. The second-order valence-corrected chi connectivity index (χ2v) is 9.53. The monoisotopic (exact) mass is 551 g/mol. The fourth-order valence-electron chi connectivity index (χ4n) is 4.41. The number of aromatic nitrogens is 2. The molecule has 2 heterocycles. The predicted molar refractivity (Wildman–Crippen MR) is 148 cm³/mol. The Bertz CT molecular complexity index is 1420. The maximum absolute atomic E-state index is 13.3. The number of nitrogens with one attached hydrogen (secondary N) is 1. The highest BCUT2D eigenvalue weighted by Crippen LogP contribution is 2.43. The predicted octanol–water partition coefficient (Wildman–Crippen LogP) is 5.90. The van der Waals surface area contributed by atoms with Crippen LogP contribution in [-0.4, -0.2) is 35.2 Å². The minimum absolute atomic E-state index is 0.0403. The molecule has 0 bridgehead atoms. The summed E-state index contributed by atoms with van der Waals surface area (Å²) in [5.41, 5.74) is 4.27. The molecule has 0 radical (unpaired) electrons. The molecule has 0 spiro atoms. The summed E-state index contributed by atoms with van der Waals surface area (Å²) in [6.07, 6.45) is 9.08. The maximum atomic E-state index is 13.3. The molecule has 7 nitrogen and oxygen atoms in total. The first-order valence-corrected chi connectivity index (χ1v) is 12.6. The number of carbonyl (C=O) groups is 2. The fourth-order valence-corrected chi connectivity index (χ4v) is 4.83. The number of hydrogen-bond acceptors (Lipinski definition) is 6. The Morgan fingerprint density at radius 2 is 1.76 bits per heavy atom. The molecule has 1 atom stereocenters. The van der Waals surface area contributed by atoms with Crippen LogP contribution < -0.4 is 5.32 Å². The third-order valence-electron chi connectivity index (χ3n) is 6.20. The Balaban J connectivity index is 1.51. The average molecular weight is 552 g/mol. The van der Waals surface area contributed by atoms with Crippen molar-refractivity contribution in [2.45, 2.75) is 26.3 Å². The lowest BCUT2D eigenvalue weighted by Crippen LogP contribution is -2.32. The summed E-state index contributed by atoms with van der Waals surface area (Å²) in [7, 11) is 1.29. The van der Waals surface area contributed by atoms with Crippen LogP contribution in [0, 0.1) is 0 Å². The molecular formula is C29H27Cl2N3O4. The van der Waals surface area contributed by atoms with Crippen LogP contribution in [0.1, 0.15) is 36.5 Å². The van der Waals surface area contributed by atoms with Gasteiger partial charge in [0.2, 0.25) is 0 Å². The van der Waals surface area contributed by atoms with E-state index in [0.717, 1.165) is 17.7 Å². The molecule has 2 aromatic carbocycles. The number of carbonyl (C=O) groups excluding carboxylic acids is 2. The van der Waals surface area contributed by atoms with E-state index in [1.807, 2.05) is 41.1 Å². The lowest BCUT2D eigenvalue weighted by atomic mass is 9.80. The van der Waals surface area contributed by atoms with Gasteiger partial charge in [-0.3, -0.25) is 0 Å². The van der Waals surface area contributed by atoms with Gasteiger partial charge < -0.3 is 19.4 Å². The zero-order chi connectivity index (χ0) is 27.2. The van der Waals surface area contributed by atoms with Gasteiger partial charge in [-0.1, -0.05) is 65.7 Å². The minimum atomic E-state index is -0.811. The number of nitrogens with zero attached hydrogens (tertiary/aromatic N) is 2. The Labute approximate surface area is 231 Å². The van der Waals surface area contributed by atoms with E-state index in [2.05, 4.69) is 10.3 Å². The number of allylic oxidation sites excluding steroid dienone is 2. The zero-order valence-corrected chi connectivity index (χ0v) is 22.7.